The molecule has 0 heterocycles. The summed E-state index contributed by atoms with van der Waals surface area (Å²) in [5, 5.41) is 11.6. The number of ketones is 1. The van der Waals surface area contributed by atoms with Gasteiger partial charge in [-0.05, 0) is 56.4 Å². The van der Waals surface area contributed by atoms with E-state index in [1.807, 2.05) is 0 Å². The first-order valence-electron chi connectivity index (χ1n) is 8.11. The van der Waals surface area contributed by atoms with Crippen molar-refractivity contribution < 1.29 is 14.7 Å². The minimum absolute atomic E-state index is 0.377. The first kappa shape index (κ1) is 20.4. The summed E-state index contributed by atoms with van der Waals surface area (Å²) in [4.78, 5) is 24.1. The van der Waals surface area contributed by atoms with Crippen molar-refractivity contribution >= 4 is 11.7 Å². The van der Waals surface area contributed by atoms with E-state index in [9.17, 15) is 9.59 Å². The Labute approximate surface area is 149 Å². The quantitative estimate of drug-likeness (QED) is 0.679. The van der Waals surface area contributed by atoms with Crippen LogP contribution in [0.4, 0.5) is 0 Å². The van der Waals surface area contributed by atoms with Gasteiger partial charge in [0, 0.05) is 23.1 Å². The highest BCUT2D eigenvalue weighted by Crippen LogP contribution is 2.09. The van der Waals surface area contributed by atoms with Crippen molar-refractivity contribution in [1.82, 2.24) is 5.32 Å². The van der Waals surface area contributed by atoms with Crippen molar-refractivity contribution in [1.29, 1.82) is 0 Å². The van der Waals surface area contributed by atoms with E-state index in [2.05, 4.69) is 35.9 Å². The van der Waals surface area contributed by atoms with E-state index in [1.165, 1.54) is 0 Å². The molecule has 1 amide bonds. The van der Waals surface area contributed by atoms with Crippen molar-refractivity contribution in [2.24, 2.45) is 5.73 Å². The molecule has 0 unspecified atom stereocenters. The minimum Gasteiger partial charge on any atom is -0.388 e. The highest BCUT2D eigenvalue weighted by atomic mass is 16.3. The van der Waals surface area contributed by atoms with Crippen LogP contribution >= 0.6 is 0 Å². The normalized spacial score (nSPS) is 11.4. The number of carbonyl (C=O) groups is 2. The smallest absolute Gasteiger partial charge is 0.251 e. The van der Waals surface area contributed by atoms with Crippen LogP contribution in [0.3, 0.4) is 0 Å². The molecule has 0 spiro atoms. The predicted molar refractivity (Wildman–Crippen MR) is 97.6 cm³/mol. The van der Waals surface area contributed by atoms with Crippen LogP contribution in [0, 0.1) is 23.7 Å². The van der Waals surface area contributed by atoms with Gasteiger partial charge in [-0.15, -0.1) is 0 Å². The predicted octanol–water partition coefficient (Wildman–Crippen LogP) is 1.24. The molecule has 0 aliphatic rings. The third kappa shape index (κ3) is 6.81. The molecule has 1 atom stereocenters. The van der Waals surface area contributed by atoms with Crippen molar-refractivity contribution in [2.45, 2.75) is 45.2 Å². The van der Waals surface area contributed by atoms with Gasteiger partial charge in [0.2, 0.25) is 0 Å². The third-order valence-electron chi connectivity index (χ3n) is 3.38. The Morgan fingerprint density at radius 1 is 1.24 bits per heavy atom. The molecule has 0 aliphatic carbocycles. The van der Waals surface area contributed by atoms with Gasteiger partial charge in [-0.1, -0.05) is 18.8 Å². The molecule has 132 valence electrons. The molecular weight excluding hydrogens is 316 g/mol. The van der Waals surface area contributed by atoms with Crippen molar-refractivity contribution in [2.75, 3.05) is 6.61 Å². The lowest BCUT2D eigenvalue weighted by Gasteiger charge is -2.29. The van der Waals surface area contributed by atoms with Gasteiger partial charge >= 0.3 is 0 Å². The number of aliphatic hydroxyl groups is 1. The number of benzene rings is 1. The van der Waals surface area contributed by atoms with Gasteiger partial charge in [-0.25, -0.2) is 0 Å². The van der Waals surface area contributed by atoms with Crippen molar-refractivity contribution in [3.05, 3.63) is 35.4 Å². The summed E-state index contributed by atoms with van der Waals surface area (Å²) in [6, 6.07) is 5.67. The maximum atomic E-state index is 12.3. The molecule has 5 nitrogen and oxygen atoms in total. The third-order valence-corrected chi connectivity index (χ3v) is 3.38. The number of hydrogen-bond donors (Lipinski definition) is 3. The molecule has 5 heteroatoms. The number of nitrogens with one attached hydrogen (secondary N) is 1. The minimum atomic E-state index is -0.988. The molecule has 1 aromatic carbocycles. The lowest BCUT2D eigenvalue weighted by Crippen LogP contribution is -2.59. The molecule has 0 bridgehead atoms. The van der Waals surface area contributed by atoms with E-state index >= 15 is 0 Å². The summed E-state index contributed by atoms with van der Waals surface area (Å²) < 4.78 is 0. The average molecular weight is 340 g/mol. The summed E-state index contributed by atoms with van der Waals surface area (Å²) in [6.45, 7) is 4.60. The van der Waals surface area contributed by atoms with Gasteiger partial charge in [0.05, 0.1) is 0 Å². The second-order valence-corrected chi connectivity index (χ2v) is 6.23. The van der Waals surface area contributed by atoms with Gasteiger partial charge in [0.25, 0.3) is 5.91 Å². The Morgan fingerprint density at radius 2 is 1.88 bits per heavy atom. The van der Waals surface area contributed by atoms with E-state index < -0.39 is 29.9 Å². The maximum Gasteiger partial charge on any atom is 0.251 e. The van der Waals surface area contributed by atoms with Crippen LogP contribution in [0.2, 0.25) is 0 Å². The van der Waals surface area contributed by atoms with Crippen LogP contribution < -0.4 is 11.1 Å². The van der Waals surface area contributed by atoms with Crippen LogP contribution in [-0.4, -0.2) is 35.0 Å². The monoisotopic (exact) mass is 340 g/mol. The molecule has 1 aromatic rings. The van der Waals surface area contributed by atoms with Crippen LogP contribution in [0.15, 0.2) is 24.3 Å². The van der Waals surface area contributed by atoms with Crippen molar-refractivity contribution in [3.63, 3.8) is 0 Å². The Hall–Kier alpha value is -2.60. The zero-order valence-electron chi connectivity index (χ0n) is 14.8. The van der Waals surface area contributed by atoms with Gasteiger partial charge in [-0.2, -0.15) is 0 Å². The summed E-state index contributed by atoms with van der Waals surface area (Å²) in [5.74, 6) is 10.4. The summed E-state index contributed by atoms with van der Waals surface area (Å²) >= 11 is 0. The summed E-state index contributed by atoms with van der Waals surface area (Å²) in [7, 11) is 0. The second kappa shape index (κ2) is 9.64. The zero-order chi connectivity index (χ0) is 18.9. The second-order valence-electron chi connectivity index (χ2n) is 6.23. The molecule has 0 fully saturated rings. The highest BCUT2D eigenvalue weighted by Gasteiger charge is 2.32. The summed E-state index contributed by atoms with van der Waals surface area (Å²) in [5.41, 5.74) is 6.05. The molecule has 1 rings (SSSR count). The highest BCUT2D eigenvalue weighted by molar-refractivity contribution is 5.98. The topological polar surface area (TPSA) is 92.4 Å². The van der Waals surface area contributed by atoms with Crippen LogP contribution in [0.5, 0.6) is 0 Å². The SMILES string of the molecule is CCCC#CC#Cc1ccc(C(=O)N[C@H](C(=O)CO)C(C)(C)N)cc1. The lowest BCUT2D eigenvalue weighted by atomic mass is 9.92. The van der Waals surface area contributed by atoms with Crippen molar-refractivity contribution in [3.8, 4) is 23.7 Å². The first-order chi connectivity index (χ1) is 11.8. The summed E-state index contributed by atoms with van der Waals surface area (Å²) in [6.07, 6.45) is 1.82. The number of rotatable bonds is 6. The Balaban J connectivity index is 2.83. The fourth-order valence-corrected chi connectivity index (χ4v) is 2.03. The Morgan fingerprint density at radius 3 is 2.40 bits per heavy atom. The van der Waals surface area contributed by atoms with E-state index in [-0.39, 0.29) is 0 Å². The lowest BCUT2D eigenvalue weighted by molar-refractivity contribution is -0.124. The van der Waals surface area contributed by atoms with Gasteiger partial charge < -0.3 is 16.2 Å². The number of Topliss-reactive ketones (excluding diaryl/α,β-unsaturated/α-hetero) is 1. The number of carbonyl (C=O) groups excluding carboxylic acids is 2. The van der Waals surface area contributed by atoms with E-state index in [4.69, 9.17) is 10.8 Å². The number of amides is 1. The molecule has 0 saturated carbocycles. The number of hydrogen-bond acceptors (Lipinski definition) is 4. The number of nitrogens with two attached hydrogens (primary N) is 1. The maximum absolute atomic E-state index is 12.3. The molecule has 4 N–H and O–H groups in total. The molecule has 0 aliphatic heterocycles. The molecule has 0 radical (unpaired) electrons. The van der Waals surface area contributed by atoms with Crippen LogP contribution in [0.1, 0.15) is 49.5 Å². The molecule has 0 aromatic heterocycles. The molecule has 25 heavy (non-hydrogen) atoms. The van der Waals surface area contributed by atoms with E-state index in [0.29, 0.717) is 5.56 Å². The Bertz CT molecular complexity index is 723. The van der Waals surface area contributed by atoms with Gasteiger partial charge in [0.1, 0.15) is 12.6 Å². The standard InChI is InChI=1S/C20H24N2O3/c1-4-5-6-7-8-9-15-10-12-16(13-11-15)19(25)22-18(17(24)14-23)20(2,3)21/h10-13,18,23H,4-5,14,21H2,1-3H3,(H,22,25)/t18-/m1/s1. The number of aliphatic hydroxyl groups excluding tert-OH is 1. The first-order valence-corrected chi connectivity index (χ1v) is 8.11. The van der Waals surface area contributed by atoms with Crippen LogP contribution in [-0.2, 0) is 4.79 Å². The Kier molecular flexibility index (Phi) is 7.88. The van der Waals surface area contributed by atoms with Gasteiger partial charge in [0.15, 0.2) is 5.78 Å². The molecular formula is C20H24N2O3. The zero-order valence-corrected chi connectivity index (χ0v) is 14.8. The fourth-order valence-electron chi connectivity index (χ4n) is 2.03. The van der Waals surface area contributed by atoms with Gasteiger partial charge in [-0.3, -0.25) is 9.59 Å². The molecule has 0 saturated heterocycles. The number of unbranched alkanes of at least 4 members (excludes halogenated alkanes) is 1. The van der Waals surface area contributed by atoms with E-state index in [0.717, 1.165) is 18.4 Å². The fraction of sp³-hybridized carbons (Fsp3) is 0.400. The largest absolute Gasteiger partial charge is 0.388 e. The van der Waals surface area contributed by atoms with Crippen LogP contribution in [0.25, 0.3) is 0 Å². The average Bonchev–Trinajstić information content (AvgIpc) is 2.58. The van der Waals surface area contributed by atoms with E-state index in [1.54, 1.807) is 38.1 Å².